The molecule has 0 aromatic carbocycles. The lowest BCUT2D eigenvalue weighted by atomic mass is 10.1. The number of nitrogens with zero attached hydrogens (tertiary/aromatic N) is 3. The highest BCUT2D eigenvalue weighted by molar-refractivity contribution is 5.92. The SMILES string of the molecule is CCC(C)CN(CC)C(=O)c1ccn(C2CCCNC2)n1. The van der Waals surface area contributed by atoms with E-state index in [0.717, 1.165) is 39.0 Å². The quantitative estimate of drug-likeness (QED) is 0.875. The Morgan fingerprint density at radius 2 is 2.38 bits per heavy atom. The Kier molecular flexibility index (Phi) is 5.79. The standard InChI is InChI=1S/C16H28N4O/c1-4-13(3)12-19(5-2)16(21)15-8-10-20(18-15)14-7-6-9-17-11-14/h8,10,13-14,17H,4-7,9,11-12H2,1-3H3. The molecule has 1 aromatic rings. The molecule has 1 saturated heterocycles. The summed E-state index contributed by atoms with van der Waals surface area (Å²) in [5.41, 5.74) is 0.575. The number of hydrogen-bond donors (Lipinski definition) is 1. The van der Waals surface area contributed by atoms with Crippen LogP contribution in [0.5, 0.6) is 0 Å². The zero-order valence-corrected chi connectivity index (χ0v) is 13.5. The molecule has 5 heteroatoms. The summed E-state index contributed by atoms with van der Waals surface area (Å²) >= 11 is 0. The largest absolute Gasteiger partial charge is 0.337 e. The Morgan fingerprint density at radius 1 is 1.57 bits per heavy atom. The molecule has 0 saturated carbocycles. The van der Waals surface area contributed by atoms with Crippen molar-refractivity contribution in [3.8, 4) is 0 Å². The van der Waals surface area contributed by atoms with Gasteiger partial charge in [0.15, 0.2) is 0 Å². The third-order valence-corrected chi connectivity index (χ3v) is 4.37. The summed E-state index contributed by atoms with van der Waals surface area (Å²) in [5, 5.41) is 7.90. The van der Waals surface area contributed by atoms with E-state index >= 15 is 0 Å². The molecule has 2 atom stereocenters. The first-order valence-electron chi connectivity index (χ1n) is 8.20. The van der Waals surface area contributed by atoms with E-state index in [1.165, 1.54) is 6.42 Å². The zero-order valence-electron chi connectivity index (χ0n) is 13.5. The van der Waals surface area contributed by atoms with Crippen LogP contribution in [0.3, 0.4) is 0 Å². The number of hydrogen-bond acceptors (Lipinski definition) is 3. The van der Waals surface area contributed by atoms with E-state index in [2.05, 4.69) is 24.3 Å². The summed E-state index contributed by atoms with van der Waals surface area (Å²) in [5.74, 6) is 0.582. The smallest absolute Gasteiger partial charge is 0.274 e. The molecule has 0 bridgehead atoms. The fourth-order valence-electron chi connectivity index (χ4n) is 2.74. The van der Waals surface area contributed by atoms with Gasteiger partial charge in [-0.3, -0.25) is 9.48 Å². The van der Waals surface area contributed by atoms with Crippen molar-refractivity contribution in [3.63, 3.8) is 0 Å². The molecule has 1 fully saturated rings. The van der Waals surface area contributed by atoms with Crippen molar-refractivity contribution in [3.05, 3.63) is 18.0 Å². The van der Waals surface area contributed by atoms with Crippen LogP contribution in [-0.2, 0) is 0 Å². The molecule has 1 N–H and O–H groups in total. The van der Waals surface area contributed by atoms with Crippen LogP contribution in [-0.4, -0.2) is 46.8 Å². The van der Waals surface area contributed by atoms with Crippen molar-refractivity contribution in [2.75, 3.05) is 26.2 Å². The highest BCUT2D eigenvalue weighted by atomic mass is 16.2. The molecule has 1 aliphatic heterocycles. The summed E-state index contributed by atoms with van der Waals surface area (Å²) in [7, 11) is 0. The van der Waals surface area contributed by atoms with Crippen LogP contribution >= 0.6 is 0 Å². The van der Waals surface area contributed by atoms with Gasteiger partial charge < -0.3 is 10.2 Å². The zero-order chi connectivity index (χ0) is 15.2. The number of carbonyl (C=O) groups is 1. The Bertz CT molecular complexity index is 451. The van der Waals surface area contributed by atoms with Crippen molar-refractivity contribution >= 4 is 5.91 Å². The molecule has 1 amide bonds. The molecule has 1 aromatic heterocycles. The predicted octanol–water partition coefficient (Wildman–Crippen LogP) is 2.32. The molecule has 5 nitrogen and oxygen atoms in total. The highest BCUT2D eigenvalue weighted by Gasteiger charge is 2.21. The van der Waals surface area contributed by atoms with E-state index in [0.29, 0.717) is 17.7 Å². The number of rotatable bonds is 6. The maximum absolute atomic E-state index is 12.6. The van der Waals surface area contributed by atoms with Gasteiger partial charge >= 0.3 is 0 Å². The van der Waals surface area contributed by atoms with Crippen LogP contribution in [0.25, 0.3) is 0 Å². The van der Waals surface area contributed by atoms with Crippen molar-refractivity contribution in [1.82, 2.24) is 20.0 Å². The lowest BCUT2D eigenvalue weighted by Gasteiger charge is -2.24. The van der Waals surface area contributed by atoms with Gasteiger partial charge in [-0.2, -0.15) is 5.10 Å². The topological polar surface area (TPSA) is 50.2 Å². The maximum Gasteiger partial charge on any atom is 0.274 e. The second-order valence-electron chi connectivity index (χ2n) is 6.04. The Morgan fingerprint density at radius 3 is 3.00 bits per heavy atom. The van der Waals surface area contributed by atoms with E-state index in [4.69, 9.17) is 0 Å². The van der Waals surface area contributed by atoms with Crippen LogP contribution in [0.2, 0.25) is 0 Å². The van der Waals surface area contributed by atoms with Gasteiger partial charge in [-0.1, -0.05) is 20.3 Å². The number of piperidine rings is 1. The van der Waals surface area contributed by atoms with Gasteiger partial charge in [0.05, 0.1) is 6.04 Å². The van der Waals surface area contributed by atoms with Crippen LogP contribution in [0.15, 0.2) is 12.3 Å². The van der Waals surface area contributed by atoms with Gasteiger partial charge in [0.2, 0.25) is 0 Å². The normalized spacial score (nSPS) is 20.2. The lowest BCUT2D eigenvalue weighted by Crippen LogP contribution is -2.35. The summed E-state index contributed by atoms with van der Waals surface area (Å²) < 4.78 is 1.95. The van der Waals surface area contributed by atoms with E-state index in [1.807, 2.05) is 28.8 Å². The molecule has 2 unspecified atom stereocenters. The number of amides is 1. The third kappa shape index (κ3) is 4.06. The van der Waals surface area contributed by atoms with E-state index in [9.17, 15) is 4.79 Å². The fourth-order valence-corrected chi connectivity index (χ4v) is 2.74. The molecule has 0 aliphatic carbocycles. The third-order valence-electron chi connectivity index (χ3n) is 4.37. The fraction of sp³-hybridized carbons (Fsp3) is 0.750. The first kappa shape index (κ1) is 16.0. The van der Waals surface area contributed by atoms with Crippen molar-refractivity contribution < 1.29 is 4.79 Å². The molecule has 21 heavy (non-hydrogen) atoms. The van der Waals surface area contributed by atoms with Crippen LogP contribution < -0.4 is 5.32 Å². The molecule has 118 valence electrons. The minimum atomic E-state index is 0.0559. The number of nitrogens with one attached hydrogen (secondary N) is 1. The second-order valence-corrected chi connectivity index (χ2v) is 6.04. The highest BCUT2D eigenvalue weighted by Crippen LogP contribution is 2.16. The monoisotopic (exact) mass is 292 g/mol. The van der Waals surface area contributed by atoms with Gasteiger partial charge in [-0.05, 0) is 38.3 Å². The van der Waals surface area contributed by atoms with E-state index < -0.39 is 0 Å². The summed E-state index contributed by atoms with van der Waals surface area (Å²) in [6.45, 7) is 9.95. The Labute approximate surface area is 127 Å². The molecular formula is C16H28N4O. The molecule has 2 heterocycles. The molecule has 2 rings (SSSR count). The van der Waals surface area contributed by atoms with Crippen LogP contribution in [0.4, 0.5) is 0 Å². The average Bonchev–Trinajstić information content (AvgIpc) is 3.02. The summed E-state index contributed by atoms with van der Waals surface area (Å²) in [4.78, 5) is 14.5. The predicted molar refractivity (Wildman–Crippen MR) is 84.4 cm³/mol. The molecule has 1 aliphatic rings. The van der Waals surface area contributed by atoms with Gasteiger partial charge in [0.25, 0.3) is 5.91 Å². The number of aromatic nitrogens is 2. The van der Waals surface area contributed by atoms with Crippen molar-refractivity contribution in [1.29, 1.82) is 0 Å². The molecular weight excluding hydrogens is 264 g/mol. The minimum absolute atomic E-state index is 0.0559. The lowest BCUT2D eigenvalue weighted by molar-refractivity contribution is 0.0733. The van der Waals surface area contributed by atoms with E-state index in [-0.39, 0.29) is 5.91 Å². The first-order chi connectivity index (χ1) is 10.2. The molecule has 0 spiro atoms. The van der Waals surface area contributed by atoms with Gasteiger partial charge in [-0.25, -0.2) is 0 Å². The molecule has 0 radical (unpaired) electrons. The Hall–Kier alpha value is -1.36. The number of carbonyl (C=O) groups excluding carboxylic acids is 1. The van der Waals surface area contributed by atoms with Crippen molar-refractivity contribution in [2.45, 2.75) is 46.1 Å². The summed E-state index contributed by atoms with van der Waals surface area (Å²) in [6.07, 6.45) is 5.34. The Balaban J connectivity index is 2.03. The minimum Gasteiger partial charge on any atom is -0.337 e. The van der Waals surface area contributed by atoms with E-state index in [1.54, 1.807) is 0 Å². The van der Waals surface area contributed by atoms with Crippen LogP contribution in [0.1, 0.15) is 56.6 Å². The average molecular weight is 292 g/mol. The van der Waals surface area contributed by atoms with Gasteiger partial charge in [-0.15, -0.1) is 0 Å². The van der Waals surface area contributed by atoms with Crippen LogP contribution in [0, 0.1) is 5.92 Å². The maximum atomic E-state index is 12.6. The first-order valence-corrected chi connectivity index (χ1v) is 8.20. The second kappa shape index (κ2) is 7.59. The van der Waals surface area contributed by atoms with Gasteiger partial charge in [0.1, 0.15) is 5.69 Å². The van der Waals surface area contributed by atoms with Crippen molar-refractivity contribution in [2.24, 2.45) is 5.92 Å². The van der Waals surface area contributed by atoms with Gasteiger partial charge in [0, 0.05) is 25.8 Å². The summed E-state index contributed by atoms with van der Waals surface area (Å²) in [6, 6.07) is 2.24.